The predicted molar refractivity (Wildman–Crippen MR) is 88.1 cm³/mol. The van der Waals surface area contributed by atoms with Crippen LogP contribution in [0.2, 0.25) is 0 Å². The highest BCUT2D eigenvalue weighted by Crippen LogP contribution is 2.24. The average molecular weight is 322 g/mol. The van der Waals surface area contributed by atoms with Crippen molar-refractivity contribution in [2.45, 2.75) is 17.7 Å². The Morgan fingerprint density at radius 2 is 1.81 bits per heavy atom. The number of aromatic nitrogens is 1. The molecule has 1 aromatic heterocycles. The van der Waals surface area contributed by atoms with E-state index in [0.29, 0.717) is 12.4 Å². The van der Waals surface area contributed by atoms with E-state index in [0.717, 1.165) is 10.8 Å². The van der Waals surface area contributed by atoms with Crippen molar-refractivity contribution in [2.24, 2.45) is 0 Å². The van der Waals surface area contributed by atoms with E-state index in [-0.39, 0.29) is 0 Å². The highest BCUT2D eigenvalue weighted by molar-refractivity contribution is 7.98. The van der Waals surface area contributed by atoms with Crippen LogP contribution in [0.3, 0.4) is 0 Å². The molecule has 0 saturated carbocycles. The Hall–Kier alpha value is -1.53. The first-order valence-electron chi connectivity index (χ1n) is 6.62. The van der Waals surface area contributed by atoms with Crippen molar-refractivity contribution in [3.05, 3.63) is 54.1 Å². The van der Waals surface area contributed by atoms with Gasteiger partial charge in [-0.05, 0) is 24.6 Å². The van der Waals surface area contributed by atoms with Gasteiger partial charge in [-0.15, -0.1) is 11.8 Å². The van der Waals surface area contributed by atoms with E-state index in [9.17, 15) is 8.42 Å². The Morgan fingerprint density at radius 1 is 1.10 bits per heavy atom. The summed E-state index contributed by atoms with van der Waals surface area (Å²) in [6.45, 7) is 2.17. The first-order chi connectivity index (χ1) is 10.0. The van der Waals surface area contributed by atoms with E-state index in [1.54, 1.807) is 24.8 Å². The first kappa shape index (κ1) is 15.9. The number of benzene rings is 1. The maximum absolute atomic E-state index is 11.7. The zero-order chi connectivity index (χ0) is 15.3. The van der Waals surface area contributed by atoms with Gasteiger partial charge in [0.25, 0.3) is 0 Å². The van der Waals surface area contributed by atoms with Crippen molar-refractivity contribution in [1.29, 1.82) is 0 Å². The Balaban J connectivity index is 2.14. The molecule has 0 aliphatic heterocycles. The van der Waals surface area contributed by atoms with Crippen molar-refractivity contribution < 1.29 is 8.42 Å². The van der Waals surface area contributed by atoms with Crippen molar-refractivity contribution in [3.63, 3.8) is 0 Å². The number of anilines is 1. The number of rotatable bonds is 6. The zero-order valence-corrected chi connectivity index (χ0v) is 13.7. The minimum Gasteiger partial charge on any atom is -0.254 e. The second-order valence-corrected chi connectivity index (χ2v) is 7.44. The molecule has 2 rings (SSSR count). The summed E-state index contributed by atoms with van der Waals surface area (Å²) in [4.78, 5) is 4.44. The van der Waals surface area contributed by atoms with Gasteiger partial charge in [-0.25, -0.2) is 13.4 Å². The molecule has 0 radical (unpaired) electrons. The molecule has 0 spiro atoms. The summed E-state index contributed by atoms with van der Waals surface area (Å²) in [6, 6.07) is 15.6. The van der Waals surface area contributed by atoms with Gasteiger partial charge in [0.05, 0.1) is 11.3 Å². The lowest BCUT2D eigenvalue weighted by Gasteiger charge is -2.19. The normalized spacial score (nSPS) is 11.3. The third kappa shape index (κ3) is 4.47. The fourth-order valence-corrected chi connectivity index (χ4v) is 3.67. The van der Waals surface area contributed by atoms with E-state index in [1.807, 2.05) is 30.3 Å². The van der Waals surface area contributed by atoms with Gasteiger partial charge in [-0.3, -0.25) is 4.31 Å². The molecule has 0 amide bonds. The molecule has 4 nitrogen and oxygen atoms in total. The lowest BCUT2D eigenvalue weighted by molar-refractivity contribution is 0.597. The summed E-state index contributed by atoms with van der Waals surface area (Å²) < 4.78 is 24.8. The smallest absolute Gasteiger partial charge is 0.233 e. The van der Waals surface area contributed by atoms with Crippen molar-refractivity contribution in [1.82, 2.24) is 4.98 Å². The summed E-state index contributed by atoms with van der Waals surface area (Å²) in [5.41, 5.74) is 1.21. The third-order valence-electron chi connectivity index (χ3n) is 2.88. The Kier molecular flexibility index (Phi) is 5.25. The van der Waals surface area contributed by atoms with Crippen molar-refractivity contribution in [2.75, 3.05) is 17.1 Å². The summed E-state index contributed by atoms with van der Waals surface area (Å²) in [5.74, 6) is 1.28. The fourth-order valence-electron chi connectivity index (χ4n) is 1.92. The maximum atomic E-state index is 11.7. The molecule has 0 unspecified atom stereocenters. The number of sulfonamides is 1. The van der Waals surface area contributed by atoms with Crippen LogP contribution in [0.5, 0.6) is 0 Å². The van der Waals surface area contributed by atoms with Crippen LogP contribution >= 0.6 is 11.8 Å². The predicted octanol–water partition coefficient (Wildman–Crippen LogP) is 3.16. The summed E-state index contributed by atoms with van der Waals surface area (Å²) in [7, 11) is -3.29. The van der Waals surface area contributed by atoms with Crippen molar-refractivity contribution >= 4 is 27.6 Å². The molecular weight excluding hydrogens is 304 g/mol. The topological polar surface area (TPSA) is 50.3 Å². The van der Waals surface area contributed by atoms with E-state index < -0.39 is 10.0 Å². The van der Waals surface area contributed by atoms with Gasteiger partial charge in [0, 0.05) is 12.3 Å². The standard InChI is InChI=1S/C15H18N2O2S2/c1-3-17(21(2,18)19)14-10-7-11-15(16-14)20-12-13-8-5-4-6-9-13/h4-11H,3,12H2,1-2H3. The maximum Gasteiger partial charge on any atom is 0.233 e. The minimum absolute atomic E-state index is 0.374. The van der Waals surface area contributed by atoms with E-state index in [2.05, 4.69) is 17.1 Å². The van der Waals surface area contributed by atoms with Gasteiger partial charge in [-0.2, -0.15) is 0 Å². The van der Waals surface area contributed by atoms with Crippen LogP contribution < -0.4 is 4.31 Å². The van der Waals surface area contributed by atoms with Gasteiger partial charge in [-0.1, -0.05) is 36.4 Å². The van der Waals surface area contributed by atoms with Gasteiger partial charge in [0.15, 0.2) is 0 Å². The Morgan fingerprint density at radius 3 is 2.43 bits per heavy atom. The molecule has 2 aromatic rings. The second-order valence-electron chi connectivity index (χ2n) is 4.54. The summed E-state index contributed by atoms with van der Waals surface area (Å²) in [5, 5.41) is 0.818. The SMILES string of the molecule is CCN(c1cccc(SCc2ccccc2)n1)S(C)(=O)=O. The molecule has 21 heavy (non-hydrogen) atoms. The second kappa shape index (κ2) is 6.95. The molecule has 0 bridgehead atoms. The molecular formula is C15H18N2O2S2. The van der Waals surface area contributed by atoms with Crippen LogP contribution in [0.25, 0.3) is 0 Å². The van der Waals surface area contributed by atoms with Gasteiger partial charge >= 0.3 is 0 Å². The molecule has 0 aliphatic carbocycles. The molecule has 0 atom stereocenters. The molecule has 112 valence electrons. The largest absolute Gasteiger partial charge is 0.254 e. The van der Waals surface area contributed by atoms with Crippen LogP contribution in [-0.4, -0.2) is 26.2 Å². The highest BCUT2D eigenvalue weighted by Gasteiger charge is 2.16. The Bertz CT molecular complexity index is 688. The number of thioether (sulfide) groups is 1. The van der Waals surface area contributed by atoms with Gasteiger partial charge in [0.1, 0.15) is 5.82 Å². The van der Waals surface area contributed by atoms with Gasteiger partial charge in [0.2, 0.25) is 10.0 Å². The number of hydrogen-bond acceptors (Lipinski definition) is 4. The fraction of sp³-hybridized carbons (Fsp3) is 0.267. The Labute approximate surface area is 130 Å². The number of nitrogens with zero attached hydrogens (tertiary/aromatic N) is 2. The summed E-state index contributed by atoms with van der Waals surface area (Å²) >= 11 is 1.59. The number of hydrogen-bond donors (Lipinski definition) is 0. The van der Waals surface area contributed by atoms with Crippen LogP contribution in [-0.2, 0) is 15.8 Å². The molecule has 0 fully saturated rings. The summed E-state index contributed by atoms with van der Waals surface area (Å²) in [6.07, 6.45) is 1.20. The molecule has 0 saturated heterocycles. The first-order valence-corrected chi connectivity index (χ1v) is 9.45. The molecule has 6 heteroatoms. The monoisotopic (exact) mass is 322 g/mol. The lowest BCUT2D eigenvalue weighted by Crippen LogP contribution is -2.30. The highest BCUT2D eigenvalue weighted by atomic mass is 32.2. The van der Waals surface area contributed by atoms with Gasteiger partial charge < -0.3 is 0 Å². The van der Waals surface area contributed by atoms with E-state index in [4.69, 9.17) is 0 Å². The van der Waals surface area contributed by atoms with Crippen LogP contribution in [0.4, 0.5) is 5.82 Å². The zero-order valence-electron chi connectivity index (χ0n) is 12.1. The minimum atomic E-state index is -3.29. The van der Waals surface area contributed by atoms with E-state index in [1.165, 1.54) is 16.1 Å². The van der Waals surface area contributed by atoms with Crippen molar-refractivity contribution in [3.8, 4) is 0 Å². The van der Waals surface area contributed by atoms with Crippen LogP contribution in [0, 0.1) is 0 Å². The van der Waals surface area contributed by atoms with Crippen LogP contribution in [0.15, 0.2) is 53.6 Å². The molecule has 1 aromatic carbocycles. The average Bonchev–Trinajstić information content (AvgIpc) is 2.46. The molecule has 1 heterocycles. The third-order valence-corrected chi connectivity index (χ3v) is 5.13. The number of pyridine rings is 1. The molecule has 0 aliphatic rings. The molecule has 0 N–H and O–H groups in total. The van der Waals surface area contributed by atoms with Crippen LogP contribution in [0.1, 0.15) is 12.5 Å². The quantitative estimate of drug-likeness (QED) is 0.767. The van der Waals surface area contributed by atoms with E-state index >= 15 is 0 Å². The lowest BCUT2D eigenvalue weighted by atomic mass is 10.2.